The van der Waals surface area contributed by atoms with Crippen LogP contribution >= 0.6 is 23.2 Å². The average molecular weight is 570 g/mol. The molecule has 1 aromatic heterocycles. The maximum absolute atomic E-state index is 13.2. The van der Waals surface area contributed by atoms with Crippen LogP contribution in [0.3, 0.4) is 0 Å². The minimum Gasteiger partial charge on any atom is -0.481 e. The highest BCUT2D eigenvalue weighted by Crippen LogP contribution is 2.43. The Morgan fingerprint density at radius 3 is 2.44 bits per heavy atom. The second-order valence-electron chi connectivity index (χ2n) is 11.3. The predicted octanol–water partition coefficient (Wildman–Crippen LogP) is 6.68. The Morgan fingerprint density at radius 2 is 1.79 bits per heavy atom. The van der Waals surface area contributed by atoms with Crippen molar-refractivity contribution in [1.29, 1.82) is 0 Å². The Labute approximate surface area is 239 Å². The number of amides is 1. The van der Waals surface area contributed by atoms with Crippen LogP contribution < -0.4 is 5.32 Å². The topological polar surface area (TPSA) is 99.5 Å². The van der Waals surface area contributed by atoms with Gasteiger partial charge in [0.25, 0.3) is 0 Å². The fourth-order valence-corrected chi connectivity index (χ4v) is 5.85. The number of pyridine rings is 1. The fraction of sp³-hybridized carbons (Fsp3) is 0.387. The Kier molecular flexibility index (Phi) is 8.69. The molecule has 6 nitrogen and oxygen atoms in total. The van der Waals surface area contributed by atoms with Gasteiger partial charge >= 0.3 is 5.97 Å². The lowest BCUT2D eigenvalue weighted by molar-refractivity contribution is -0.147. The molecule has 4 rings (SSSR count). The molecule has 1 amide bonds. The van der Waals surface area contributed by atoms with E-state index in [-0.39, 0.29) is 30.2 Å². The lowest BCUT2D eigenvalue weighted by Crippen LogP contribution is -2.54. The average Bonchev–Trinajstić information content (AvgIpc) is 2.86. The smallest absolute Gasteiger partial charge is 0.304 e. The quantitative estimate of drug-likeness (QED) is 0.267. The van der Waals surface area contributed by atoms with E-state index in [2.05, 4.69) is 5.32 Å². The molecule has 3 aromatic rings. The molecule has 1 fully saturated rings. The number of halogens is 2. The van der Waals surface area contributed by atoms with E-state index in [9.17, 15) is 19.8 Å². The summed E-state index contributed by atoms with van der Waals surface area (Å²) in [7, 11) is 0. The highest BCUT2D eigenvalue weighted by molar-refractivity contribution is 6.30. The fourth-order valence-electron chi connectivity index (χ4n) is 5.52. The van der Waals surface area contributed by atoms with Crippen molar-refractivity contribution in [3.8, 4) is 0 Å². The number of carboxylic acid groups (broad SMARTS) is 1. The van der Waals surface area contributed by atoms with E-state index in [0.29, 0.717) is 35.0 Å². The second-order valence-corrected chi connectivity index (χ2v) is 12.1. The summed E-state index contributed by atoms with van der Waals surface area (Å²) in [6.07, 6.45) is 1.42. The standard InChI is InChI=1S/C31H34Cl2N2O4/c1-30(2,39)27-9-5-8-25(34-27)23(19-10-12-21(32)13-11-19)14-15-26-24(20-6-4-7-22(33)16-20)17-31(3,18-28(36)37)29(38)35-26/h4-13,16,23-24,26,39H,14-15,17-18H2,1-3H3,(H,35,38)(H,36,37)/t23-,24+,26-,31-/m0/s1. The van der Waals surface area contributed by atoms with Gasteiger partial charge in [-0.15, -0.1) is 0 Å². The number of hydrogen-bond acceptors (Lipinski definition) is 4. The van der Waals surface area contributed by atoms with E-state index < -0.39 is 17.0 Å². The molecular formula is C31H34Cl2N2O4. The van der Waals surface area contributed by atoms with Gasteiger partial charge in [0.05, 0.1) is 17.5 Å². The third-order valence-electron chi connectivity index (χ3n) is 7.63. The van der Waals surface area contributed by atoms with E-state index in [1.807, 2.05) is 60.7 Å². The van der Waals surface area contributed by atoms with Crippen molar-refractivity contribution in [2.45, 2.75) is 69.9 Å². The second kappa shape index (κ2) is 11.7. The number of nitrogens with one attached hydrogen (secondary N) is 1. The summed E-state index contributed by atoms with van der Waals surface area (Å²) in [5.41, 5.74) is 1.25. The van der Waals surface area contributed by atoms with E-state index in [1.165, 1.54) is 0 Å². The van der Waals surface area contributed by atoms with E-state index in [1.54, 1.807) is 26.8 Å². The molecule has 2 heterocycles. The van der Waals surface area contributed by atoms with Crippen LogP contribution in [-0.4, -0.2) is 33.1 Å². The van der Waals surface area contributed by atoms with E-state index >= 15 is 0 Å². The third kappa shape index (κ3) is 6.99. The van der Waals surface area contributed by atoms with Gasteiger partial charge in [-0.25, -0.2) is 0 Å². The summed E-state index contributed by atoms with van der Waals surface area (Å²) in [5.74, 6) is -1.49. The molecule has 8 heteroatoms. The summed E-state index contributed by atoms with van der Waals surface area (Å²) in [5, 5.41) is 24.5. The summed E-state index contributed by atoms with van der Waals surface area (Å²) in [6, 6.07) is 20.6. The molecule has 0 bridgehead atoms. The molecule has 0 unspecified atom stereocenters. The first-order chi connectivity index (χ1) is 18.4. The minimum atomic E-state index is -1.09. The van der Waals surface area contributed by atoms with Crippen LogP contribution in [0.5, 0.6) is 0 Å². The normalized spacial score (nSPS) is 22.3. The first kappa shape index (κ1) is 29.1. The van der Waals surface area contributed by atoms with Crippen molar-refractivity contribution in [2.24, 2.45) is 5.41 Å². The molecule has 2 aromatic carbocycles. The third-order valence-corrected chi connectivity index (χ3v) is 8.12. The van der Waals surface area contributed by atoms with Crippen molar-refractivity contribution in [3.63, 3.8) is 0 Å². The van der Waals surface area contributed by atoms with Gasteiger partial charge in [-0.2, -0.15) is 0 Å². The number of aliphatic hydroxyl groups is 1. The van der Waals surface area contributed by atoms with Crippen molar-refractivity contribution in [1.82, 2.24) is 10.3 Å². The number of hydrogen-bond donors (Lipinski definition) is 3. The number of benzene rings is 2. The summed E-state index contributed by atoms with van der Waals surface area (Å²) < 4.78 is 0. The minimum absolute atomic E-state index is 0.117. The summed E-state index contributed by atoms with van der Waals surface area (Å²) >= 11 is 12.5. The first-order valence-electron chi connectivity index (χ1n) is 13.1. The number of carboxylic acids is 1. The monoisotopic (exact) mass is 568 g/mol. The van der Waals surface area contributed by atoms with E-state index in [0.717, 1.165) is 16.8 Å². The molecule has 0 radical (unpaired) electrons. The molecule has 0 aliphatic carbocycles. The van der Waals surface area contributed by atoms with Gasteiger partial charge in [0.1, 0.15) is 5.60 Å². The largest absolute Gasteiger partial charge is 0.481 e. The zero-order valence-corrected chi connectivity index (χ0v) is 23.8. The van der Waals surface area contributed by atoms with Crippen molar-refractivity contribution < 1.29 is 19.8 Å². The molecule has 39 heavy (non-hydrogen) atoms. The Morgan fingerprint density at radius 1 is 1.10 bits per heavy atom. The van der Waals surface area contributed by atoms with Crippen molar-refractivity contribution >= 4 is 35.1 Å². The molecule has 1 aliphatic rings. The van der Waals surface area contributed by atoms with Crippen LogP contribution in [-0.2, 0) is 15.2 Å². The molecule has 1 aliphatic heterocycles. The van der Waals surface area contributed by atoms with Crippen LogP contribution in [0.25, 0.3) is 0 Å². The molecule has 1 saturated heterocycles. The van der Waals surface area contributed by atoms with Gasteiger partial charge in [-0.3, -0.25) is 14.6 Å². The van der Waals surface area contributed by atoms with Crippen molar-refractivity contribution in [3.05, 3.63) is 99.3 Å². The Bertz CT molecular complexity index is 1340. The number of carbonyl (C=O) groups is 2. The van der Waals surface area contributed by atoms with Gasteiger partial charge < -0.3 is 15.5 Å². The number of aliphatic carboxylic acids is 1. The molecule has 3 N–H and O–H groups in total. The Balaban J connectivity index is 1.68. The SMILES string of the molecule is CC(C)(O)c1cccc([C@@H](CC[C@@H]2NC(=O)[C@](C)(CC(=O)O)C[C@@H]2c2cccc(Cl)c2)c2ccc(Cl)cc2)n1. The van der Waals surface area contributed by atoms with Gasteiger partial charge in [0, 0.05) is 33.6 Å². The van der Waals surface area contributed by atoms with Crippen LogP contribution in [0.4, 0.5) is 0 Å². The lowest BCUT2D eigenvalue weighted by Gasteiger charge is -2.42. The number of nitrogens with zero attached hydrogens (tertiary/aromatic N) is 1. The summed E-state index contributed by atoms with van der Waals surface area (Å²) in [4.78, 5) is 29.7. The first-order valence-corrected chi connectivity index (χ1v) is 13.8. The molecular weight excluding hydrogens is 535 g/mol. The van der Waals surface area contributed by atoms with Gasteiger partial charge in [-0.05, 0) is 80.6 Å². The number of rotatable bonds is 9. The van der Waals surface area contributed by atoms with Crippen molar-refractivity contribution in [2.75, 3.05) is 0 Å². The molecule has 0 spiro atoms. The van der Waals surface area contributed by atoms with Gasteiger partial charge in [-0.1, -0.05) is 60.5 Å². The Hall–Kier alpha value is -2.93. The van der Waals surface area contributed by atoms with E-state index in [4.69, 9.17) is 28.2 Å². The maximum atomic E-state index is 13.2. The zero-order chi connectivity index (χ0) is 28.4. The van der Waals surface area contributed by atoms with Crippen LogP contribution in [0, 0.1) is 5.41 Å². The number of piperidine rings is 1. The predicted molar refractivity (Wildman–Crippen MR) is 153 cm³/mol. The number of carbonyl (C=O) groups excluding carboxylic acids is 1. The van der Waals surface area contributed by atoms with Crippen LogP contribution in [0.1, 0.15) is 80.8 Å². The lowest BCUT2D eigenvalue weighted by atomic mass is 9.68. The zero-order valence-electron chi connectivity index (χ0n) is 22.3. The van der Waals surface area contributed by atoms with Crippen LogP contribution in [0.15, 0.2) is 66.7 Å². The highest BCUT2D eigenvalue weighted by atomic mass is 35.5. The molecule has 0 saturated carbocycles. The highest BCUT2D eigenvalue weighted by Gasteiger charge is 2.45. The maximum Gasteiger partial charge on any atom is 0.304 e. The number of aromatic nitrogens is 1. The van der Waals surface area contributed by atoms with Crippen LogP contribution in [0.2, 0.25) is 10.0 Å². The van der Waals surface area contributed by atoms with Gasteiger partial charge in [0.15, 0.2) is 0 Å². The molecule has 206 valence electrons. The summed E-state index contributed by atoms with van der Waals surface area (Å²) in [6.45, 7) is 5.13. The van der Waals surface area contributed by atoms with Gasteiger partial charge in [0.2, 0.25) is 5.91 Å². The molecule has 4 atom stereocenters.